The Morgan fingerprint density at radius 1 is 1.05 bits per heavy atom. The fraction of sp³-hybridized carbons (Fsp3) is 0.0714. The number of para-hydroxylation sites is 1. The van der Waals surface area contributed by atoms with Gasteiger partial charge in [-0.3, -0.25) is 0 Å². The van der Waals surface area contributed by atoms with Gasteiger partial charge in [0, 0.05) is 23.9 Å². The van der Waals surface area contributed by atoms with Gasteiger partial charge in [-0.2, -0.15) is 0 Å². The van der Waals surface area contributed by atoms with Crippen molar-refractivity contribution in [1.29, 1.82) is 0 Å². The molecule has 0 atom stereocenters. The molecule has 0 amide bonds. The Morgan fingerprint density at radius 2 is 1.70 bits per heavy atom. The summed E-state index contributed by atoms with van der Waals surface area (Å²) >= 11 is 0. The minimum atomic E-state index is -1.27. The Kier molecular flexibility index (Phi) is 3.93. The average molecular weight is 281 g/mol. The van der Waals surface area contributed by atoms with Gasteiger partial charge in [-0.05, 0) is 18.2 Å². The lowest BCUT2D eigenvalue weighted by Crippen LogP contribution is -2.08. The summed E-state index contributed by atoms with van der Waals surface area (Å²) in [7, 11) is 0. The van der Waals surface area contributed by atoms with Crippen LogP contribution in [-0.4, -0.2) is 11.1 Å². The number of nitrogens with one attached hydrogen (secondary N) is 1. The van der Waals surface area contributed by atoms with Crippen LogP contribution in [0.5, 0.6) is 0 Å². The lowest BCUT2D eigenvalue weighted by Gasteiger charge is -2.10. The zero-order chi connectivity index (χ0) is 14.7. The number of carboxylic acid groups (broad SMARTS) is 1. The van der Waals surface area contributed by atoms with E-state index < -0.39 is 23.4 Å². The van der Waals surface area contributed by atoms with Crippen LogP contribution >= 0.6 is 0 Å². The smallest absolute Gasteiger partial charge is 0.337 e. The van der Waals surface area contributed by atoms with E-state index in [1.807, 2.05) is 0 Å². The van der Waals surface area contributed by atoms with Crippen LogP contribution in [-0.2, 0) is 6.54 Å². The molecule has 0 radical (unpaired) electrons. The monoisotopic (exact) mass is 281 g/mol. The van der Waals surface area contributed by atoms with Crippen molar-refractivity contribution in [2.45, 2.75) is 6.54 Å². The summed E-state index contributed by atoms with van der Waals surface area (Å²) < 4.78 is 39.2. The van der Waals surface area contributed by atoms with Gasteiger partial charge in [0.05, 0.1) is 5.56 Å². The zero-order valence-electron chi connectivity index (χ0n) is 10.2. The summed E-state index contributed by atoms with van der Waals surface area (Å²) in [5.41, 5.74) is 0.184. The van der Waals surface area contributed by atoms with Gasteiger partial charge in [0.1, 0.15) is 5.82 Å². The number of hydrogen-bond donors (Lipinski definition) is 2. The van der Waals surface area contributed by atoms with Crippen LogP contribution in [0.15, 0.2) is 36.4 Å². The molecule has 0 unspecified atom stereocenters. The number of hydrogen-bond acceptors (Lipinski definition) is 2. The average Bonchev–Trinajstić information content (AvgIpc) is 2.41. The van der Waals surface area contributed by atoms with Crippen LogP contribution in [0.2, 0.25) is 0 Å². The molecule has 2 N–H and O–H groups in total. The minimum absolute atomic E-state index is 0.00971. The fourth-order valence-corrected chi connectivity index (χ4v) is 1.71. The van der Waals surface area contributed by atoms with Crippen LogP contribution in [0.1, 0.15) is 15.9 Å². The first-order chi connectivity index (χ1) is 9.49. The van der Waals surface area contributed by atoms with E-state index in [2.05, 4.69) is 5.32 Å². The van der Waals surface area contributed by atoms with Crippen LogP contribution in [0.4, 0.5) is 18.9 Å². The van der Waals surface area contributed by atoms with Gasteiger partial charge in [-0.15, -0.1) is 0 Å². The van der Waals surface area contributed by atoms with Crippen LogP contribution in [0, 0.1) is 17.5 Å². The normalized spacial score (nSPS) is 10.3. The zero-order valence-corrected chi connectivity index (χ0v) is 10.2. The quantitative estimate of drug-likeness (QED) is 0.844. The second-order valence-electron chi connectivity index (χ2n) is 4.06. The molecule has 0 saturated carbocycles. The number of carbonyl (C=O) groups is 1. The maximum atomic E-state index is 13.4. The number of aromatic carboxylic acids is 1. The Morgan fingerprint density at radius 3 is 2.40 bits per heavy atom. The molecule has 3 nitrogen and oxygen atoms in total. The standard InChI is InChI=1S/C14H10F3NO2/c15-10-6-12(17)11(16)5-8(10)7-18-13-4-2-1-3-9(13)14(19)20/h1-6,18H,7H2,(H,19,20). The maximum absolute atomic E-state index is 13.4. The Hall–Kier alpha value is -2.50. The minimum Gasteiger partial charge on any atom is -0.478 e. The van der Waals surface area contributed by atoms with Gasteiger partial charge >= 0.3 is 5.97 Å². The summed E-state index contributed by atoms with van der Waals surface area (Å²) in [5.74, 6) is -4.46. The number of halogens is 3. The van der Waals surface area contributed by atoms with E-state index in [0.29, 0.717) is 6.07 Å². The lowest BCUT2D eigenvalue weighted by molar-refractivity contribution is 0.0698. The largest absolute Gasteiger partial charge is 0.478 e. The van der Waals surface area contributed by atoms with Crippen molar-refractivity contribution >= 4 is 11.7 Å². The van der Waals surface area contributed by atoms with Crippen LogP contribution < -0.4 is 5.32 Å². The molecule has 0 aliphatic rings. The van der Waals surface area contributed by atoms with E-state index in [0.717, 1.165) is 6.07 Å². The van der Waals surface area contributed by atoms with Crippen molar-refractivity contribution in [1.82, 2.24) is 0 Å². The Balaban J connectivity index is 2.21. The molecule has 2 rings (SSSR count). The van der Waals surface area contributed by atoms with E-state index in [9.17, 15) is 18.0 Å². The van der Waals surface area contributed by atoms with Gasteiger partial charge in [-0.25, -0.2) is 18.0 Å². The Labute approximate surface area is 112 Å². The molecule has 0 aliphatic heterocycles. The summed E-state index contributed by atoms with van der Waals surface area (Å²) in [6.07, 6.45) is 0. The Bertz CT molecular complexity index is 659. The summed E-state index contributed by atoms with van der Waals surface area (Å²) in [4.78, 5) is 11.0. The summed E-state index contributed by atoms with van der Waals surface area (Å²) in [5, 5.41) is 11.7. The number of benzene rings is 2. The van der Waals surface area contributed by atoms with Crippen molar-refractivity contribution in [3.8, 4) is 0 Å². The first-order valence-corrected chi connectivity index (χ1v) is 5.68. The summed E-state index contributed by atoms with van der Waals surface area (Å²) in [6, 6.07) is 7.23. The third kappa shape index (κ3) is 2.90. The summed E-state index contributed by atoms with van der Waals surface area (Å²) in [6.45, 7) is -0.159. The molecule has 104 valence electrons. The molecule has 0 bridgehead atoms. The topological polar surface area (TPSA) is 49.3 Å². The van der Waals surface area contributed by atoms with E-state index in [1.165, 1.54) is 12.1 Å². The van der Waals surface area contributed by atoms with Gasteiger partial charge in [0.25, 0.3) is 0 Å². The molecule has 0 aromatic heterocycles. The molecule has 0 heterocycles. The number of rotatable bonds is 4. The second-order valence-corrected chi connectivity index (χ2v) is 4.06. The van der Waals surface area contributed by atoms with Gasteiger partial charge in [-0.1, -0.05) is 12.1 Å². The number of anilines is 1. The molecule has 0 saturated heterocycles. The third-order valence-electron chi connectivity index (χ3n) is 2.72. The highest BCUT2D eigenvalue weighted by atomic mass is 19.2. The van der Waals surface area contributed by atoms with E-state index >= 15 is 0 Å². The molecule has 2 aromatic rings. The first-order valence-electron chi connectivity index (χ1n) is 5.68. The molecule has 0 spiro atoms. The predicted molar refractivity (Wildman–Crippen MR) is 67.0 cm³/mol. The maximum Gasteiger partial charge on any atom is 0.337 e. The molecule has 2 aromatic carbocycles. The third-order valence-corrected chi connectivity index (χ3v) is 2.72. The van der Waals surface area contributed by atoms with E-state index in [4.69, 9.17) is 5.11 Å². The van der Waals surface area contributed by atoms with Crippen molar-refractivity contribution in [3.05, 3.63) is 65.0 Å². The highest BCUT2D eigenvalue weighted by molar-refractivity contribution is 5.94. The van der Waals surface area contributed by atoms with E-state index in [1.54, 1.807) is 12.1 Å². The molecule has 6 heteroatoms. The first kappa shape index (κ1) is 13.9. The van der Waals surface area contributed by atoms with Gasteiger partial charge in [0.2, 0.25) is 0 Å². The van der Waals surface area contributed by atoms with Crippen molar-refractivity contribution in [3.63, 3.8) is 0 Å². The highest BCUT2D eigenvalue weighted by Crippen LogP contribution is 2.18. The van der Waals surface area contributed by atoms with Crippen molar-refractivity contribution in [2.24, 2.45) is 0 Å². The van der Waals surface area contributed by atoms with Gasteiger partial charge < -0.3 is 10.4 Å². The molecular weight excluding hydrogens is 271 g/mol. The lowest BCUT2D eigenvalue weighted by atomic mass is 10.1. The van der Waals surface area contributed by atoms with Crippen molar-refractivity contribution < 1.29 is 23.1 Å². The molecular formula is C14H10F3NO2. The molecule has 0 aliphatic carbocycles. The van der Waals surface area contributed by atoms with Gasteiger partial charge in [0.15, 0.2) is 11.6 Å². The number of carboxylic acids is 1. The SMILES string of the molecule is O=C(O)c1ccccc1NCc1cc(F)c(F)cc1F. The highest BCUT2D eigenvalue weighted by Gasteiger charge is 2.12. The van der Waals surface area contributed by atoms with Crippen molar-refractivity contribution in [2.75, 3.05) is 5.32 Å². The second kappa shape index (κ2) is 5.64. The van der Waals surface area contributed by atoms with Crippen LogP contribution in [0.25, 0.3) is 0 Å². The molecule has 20 heavy (non-hydrogen) atoms. The molecule has 0 fully saturated rings. The van der Waals surface area contributed by atoms with E-state index in [-0.39, 0.29) is 23.4 Å². The predicted octanol–water partition coefficient (Wildman–Crippen LogP) is 3.41. The fourth-order valence-electron chi connectivity index (χ4n) is 1.71. The van der Waals surface area contributed by atoms with Crippen LogP contribution in [0.3, 0.4) is 0 Å².